The molecule has 0 unspecified atom stereocenters. The van der Waals surface area contributed by atoms with Gasteiger partial charge in [-0.3, -0.25) is 9.59 Å². The highest BCUT2D eigenvalue weighted by atomic mass is 32.2. The zero-order valence-electron chi connectivity index (χ0n) is 18.3. The summed E-state index contributed by atoms with van der Waals surface area (Å²) in [5, 5.41) is 12.7. The van der Waals surface area contributed by atoms with Crippen LogP contribution in [0.3, 0.4) is 0 Å². The molecule has 4 atom stereocenters. The summed E-state index contributed by atoms with van der Waals surface area (Å²) in [4.78, 5) is 26.8. The van der Waals surface area contributed by atoms with Gasteiger partial charge in [-0.25, -0.2) is 0 Å². The smallest absolute Gasteiger partial charge is 0.230 e. The lowest BCUT2D eigenvalue weighted by Crippen LogP contribution is -2.40. The molecule has 2 bridgehead atoms. The van der Waals surface area contributed by atoms with E-state index in [-0.39, 0.29) is 17.9 Å². The molecule has 7 nitrogen and oxygen atoms in total. The van der Waals surface area contributed by atoms with Crippen molar-refractivity contribution in [1.29, 1.82) is 0 Å². The number of nitrogens with one attached hydrogen (secondary N) is 1. The average Bonchev–Trinajstić information content (AvgIpc) is 3.43. The highest BCUT2D eigenvalue weighted by molar-refractivity contribution is 7.99. The van der Waals surface area contributed by atoms with Crippen molar-refractivity contribution in [3.05, 3.63) is 5.82 Å². The van der Waals surface area contributed by atoms with E-state index >= 15 is 0 Å². The SMILES string of the molecule is CCn1c(CN2CCCCCC2=O)nnc1SCC(=O)N[C@@H](C)[C@H]1C[C@H]2CC[C@H]1C2. The van der Waals surface area contributed by atoms with Crippen molar-refractivity contribution in [2.75, 3.05) is 12.3 Å². The largest absolute Gasteiger partial charge is 0.353 e. The fourth-order valence-electron chi connectivity index (χ4n) is 5.68. The molecule has 1 aromatic rings. The zero-order chi connectivity index (χ0) is 21.1. The first kappa shape index (κ1) is 21.7. The average molecular weight is 434 g/mol. The van der Waals surface area contributed by atoms with Crippen LogP contribution in [0.15, 0.2) is 5.16 Å². The summed E-state index contributed by atoms with van der Waals surface area (Å²) in [6, 6.07) is 0.252. The summed E-state index contributed by atoms with van der Waals surface area (Å²) in [5.74, 6) is 3.80. The molecule has 1 aromatic heterocycles. The van der Waals surface area contributed by atoms with E-state index in [1.54, 1.807) is 0 Å². The molecule has 2 aliphatic carbocycles. The van der Waals surface area contributed by atoms with Gasteiger partial charge in [0.15, 0.2) is 11.0 Å². The van der Waals surface area contributed by atoms with E-state index in [2.05, 4.69) is 29.4 Å². The van der Waals surface area contributed by atoms with E-state index in [1.165, 1.54) is 37.4 Å². The minimum atomic E-state index is 0.0742. The quantitative estimate of drug-likeness (QED) is 0.637. The van der Waals surface area contributed by atoms with Crippen molar-refractivity contribution in [2.24, 2.45) is 17.8 Å². The zero-order valence-corrected chi connectivity index (χ0v) is 19.1. The maximum absolute atomic E-state index is 12.6. The summed E-state index contributed by atoms with van der Waals surface area (Å²) in [6.45, 7) is 6.25. The van der Waals surface area contributed by atoms with Crippen molar-refractivity contribution in [3.63, 3.8) is 0 Å². The van der Waals surface area contributed by atoms with Crippen LogP contribution >= 0.6 is 11.8 Å². The van der Waals surface area contributed by atoms with Gasteiger partial charge >= 0.3 is 0 Å². The normalized spacial score (nSPS) is 27.3. The number of nitrogens with zero attached hydrogens (tertiary/aromatic N) is 4. The van der Waals surface area contributed by atoms with Crippen LogP contribution in [0.4, 0.5) is 0 Å². The van der Waals surface area contributed by atoms with E-state index in [0.29, 0.717) is 24.6 Å². The number of rotatable bonds is 8. The Morgan fingerprint density at radius 3 is 2.83 bits per heavy atom. The van der Waals surface area contributed by atoms with Crippen molar-refractivity contribution in [3.8, 4) is 0 Å². The van der Waals surface area contributed by atoms with E-state index in [9.17, 15) is 9.59 Å². The van der Waals surface area contributed by atoms with Gasteiger partial charge in [0.2, 0.25) is 11.8 Å². The summed E-state index contributed by atoms with van der Waals surface area (Å²) in [5.41, 5.74) is 0. The van der Waals surface area contributed by atoms with Gasteiger partial charge in [0.1, 0.15) is 0 Å². The molecule has 3 fully saturated rings. The number of hydrogen-bond acceptors (Lipinski definition) is 5. The predicted octanol–water partition coefficient (Wildman–Crippen LogP) is 3.23. The van der Waals surface area contributed by atoms with Crippen LogP contribution < -0.4 is 5.32 Å². The number of likely N-dealkylation sites (tertiary alicyclic amines) is 1. The third-order valence-corrected chi connectivity index (χ3v) is 8.24. The second-order valence-electron chi connectivity index (χ2n) is 9.25. The Labute approximate surface area is 183 Å². The van der Waals surface area contributed by atoms with Crippen LogP contribution in [0.5, 0.6) is 0 Å². The molecule has 2 saturated carbocycles. The van der Waals surface area contributed by atoms with Crippen LogP contribution in [-0.4, -0.2) is 49.8 Å². The summed E-state index contributed by atoms with van der Waals surface area (Å²) >= 11 is 1.44. The number of carbonyl (C=O) groups is 2. The first-order chi connectivity index (χ1) is 14.5. The minimum Gasteiger partial charge on any atom is -0.353 e. The number of hydrogen-bond donors (Lipinski definition) is 1. The van der Waals surface area contributed by atoms with Crippen molar-refractivity contribution in [1.82, 2.24) is 25.0 Å². The third kappa shape index (κ3) is 4.84. The van der Waals surface area contributed by atoms with Crippen LogP contribution in [0.25, 0.3) is 0 Å². The molecule has 2 heterocycles. The highest BCUT2D eigenvalue weighted by Crippen LogP contribution is 2.49. The van der Waals surface area contributed by atoms with E-state index in [0.717, 1.165) is 55.2 Å². The molecule has 1 aliphatic heterocycles. The Bertz CT molecular complexity index is 767. The van der Waals surface area contributed by atoms with Crippen molar-refractivity contribution >= 4 is 23.6 Å². The molecular weight excluding hydrogens is 398 g/mol. The van der Waals surface area contributed by atoms with Crippen LogP contribution in [-0.2, 0) is 22.7 Å². The lowest BCUT2D eigenvalue weighted by atomic mass is 9.84. The van der Waals surface area contributed by atoms with Crippen molar-refractivity contribution in [2.45, 2.75) is 89.5 Å². The lowest BCUT2D eigenvalue weighted by molar-refractivity contribution is -0.131. The number of aromatic nitrogens is 3. The standard InChI is InChI=1S/C22H35N5O2S/c1-3-27-19(13-26-10-6-4-5-7-21(26)29)24-25-22(27)30-14-20(28)23-15(2)18-12-16-8-9-17(18)11-16/h15-18H,3-14H2,1-2H3,(H,23,28)/t15-,16-,17-,18+/m0/s1. The lowest BCUT2D eigenvalue weighted by Gasteiger charge is -2.28. The molecule has 1 N–H and O–H groups in total. The molecule has 30 heavy (non-hydrogen) atoms. The van der Waals surface area contributed by atoms with Crippen LogP contribution in [0.2, 0.25) is 0 Å². The highest BCUT2D eigenvalue weighted by Gasteiger charge is 2.42. The maximum Gasteiger partial charge on any atom is 0.230 e. The Morgan fingerprint density at radius 2 is 2.10 bits per heavy atom. The van der Waals surface area contributed by atoms with Crippen LogP contribution in [0.1, 0.15) is 71.0 Å². The third-order valence-electron chi connectivity index (χ3n) is 7.27. The topological polar surface area (TPSA) is 80.1 Å². The molecule has 1 saturated heterocycles. The Morgan fingerprint density at radius 1 is 1.23 bits per heavy atom. The molecule has 4 rings (SSSR count). The molecule has 3 aliphatic rings. The molecule has 8 heteroatoms. The van der Waals surface area contributed by atoms with Gasteiger partial charge in [-0.1, -0.05) is 24.6 Å². The second-order valence-corrected chi connectivity index (χ2v) is 10.2. The minimum absolute atomic E-state index is 0.0742. The summed E-state index contributed by atoms with van der Waals surface area (Å²) in [7, 11) is 0. The fourth-order valence-corrected chi connectivity index (χ4v) is 6.51. The molecular formula is C22H35N5O2S. The first-order valence-electron chi connectivity index (χ1n) is 11.7. The van der Waals surface area contributed by atoms with Gasteiger partial charge in [-0.15, -0.1) is 10.2 Å². The Hall–Kier alpha value is -1.57. The number of carbonyl (C=O) groups excluding carboxylic acids is 2. The number of thioether (sulfide) groups is 1. The molecule has 2 amide bonds. The monoisotopic (exact) mass is 433 g/mol. The van der Waals surface area contributed by atoms with Gasteiger partial charge < -0.3 is 14.8 Å². The van der Waals surface area contributed by atoms with Gasteiger partial charge in [-0.2, -0.15) is 0 Å². The second kappa shape index (κ2) is 9.71. The van der Waals surface area contributed by atoms with Gasteiger partial charge in [0.05, 0.1) is 12.3 Å². The van der Waals surface area contributed by atoms with Gasteiger partial charge in [0.25, 0.3) is 0 Å². The molecule has 0 radical (unpaired) electrons. The first-order valence-corrected chi connectivity index (χ1v) is 12.7. The molecule has 166 valence electrons. The van der Waals surface area contributed by atoms with E-state index in [4.69, 9.17) is 0 Å². The fraction of sp³-hybridized carbons (Fsp3) is 0.818. The van der Waals surface area contributed by atoms with Gasteiger partial charge in [0, 0.05) is 25.6 Å². The Balaban J connectivity index is 1.30. The van der Waals surface area contributed by atoms with Gasteiger partial charge in [-0.05, 0) is 63.7 Å². The Kier molecular flexibility index (Phi) is 7.01. The predicted molar refractivity (Wildman–Crippen MR) is 117 cm³/mol. The summed E-state index contributed by atoms with van der Waals surface area (Å²) in [6.07, 6.45) is 9.13. The van der Waals surface area contributed by atoms with E-state index in [1.807, 2.05) is 9.47 Å². The van der Waals surface area contributed by atoms with E-state index < -0.39 is 0 Å². The number of amides is 2. The number of fused-ring (bicyclic) bond motifs is 2. The maximum atomic E-state index is 12.6. The molecule has 0 aromatic carbocycles. The summed E-state index contributed by atoms with van der Waals surface area (Å²) < 4.78 is 2.04. The van der Waals surface area contributed by atoms with Crippen molar-refractivity contribution < 1.29 is 9.59 Å². The van der Waals surface area contributed by atoms with Crippen LogP contribution in [0, 0.1) is 17.8 Å². The molecule has 0 spiro atoms.